The summed E-state index contributed by atoms with van der Waals surface area (Å²) in [5, 5.41) is 17.2. The summed E-state index contributed by atoms with van der Waals surface area (Å²) in [5.74, 6) is -2.22. The van der Waals surface area contributed by atoms with Crippen LogP contribution in [0.3, 0.4) is 0 Å². The van der Waals surface area contributed by atoms with Gasteiger partial charge in [0.15, 0.2) is 0 Å². The van der Waals surface area contributed by atoms with E-state index < -0.39 is 11.9 Å². The first-order valence-electron chi connectivity index (χ1n) is 8.78. The van der Waals surface area contributed by atoms with E-state index in [1.165, 1.54) is 4.90 Å². The number of rotatable bonds is 1. The van der Waals surface area contributed by atoms with Crippen LogP contribution in [0.15, 0.2) is 18.2 Å². The number of benzene rings is 1. The topological polar surface area (TPSA) is 105 Å². The molecule has 136 valence electrons. The zero-order chi connectivity index (χ0) is 18.4. The second-order valence-corrected chi connectivity index (χ2v) is 7.07. The molecule has 1 aromatic heterocycles. The van der Waals surface area contributed by atoms with Crippen LogP contribution in [0, 0.1) is 5.92 Å². The Bertz CT molecular complexity index is 919. The summed E-state index contributed by atoms with van der Waals surface area (Å²) in [4.78, 5) is 37.1. The van der Waals surface area contributed by atoms with Crippen LogP contribution in [0.5, 0.6) is 0 Å². The molecule has 2 N–H and O–H groups in total. The van der Waals surface area contributed by atoms with Gasteiger partial charge in [0.05, 0.1) is 18.1 Å². The van der Waals surface area contributed by atoms with Crippen molar-refractivity contribution in [2.75, 3.05) is 13.1 Å². The Kier molecular flexibility index (Phi) is 3.90. The molecule has 4 rings (SSSR count). The molecule has 2 amide bonds. The molecular weight excluding hydrogens is 336 g/mol. The van der Waals surface area contributed by atoms with Gasteiger partial charge in [0.1, 0.15) is 5.69 Å². The quantitative estimate of drug-likeness (QED) is 0.746. The van der Waals surface area contributed by atoms with Crippen molar-refractivity contribution in [2.45, 2.75) is 32.4 Å². The molecule has 0 saturated carbocycles. The van der Waals surface area contributed by atoms with E-state index in [1.807, 2.05) is 25.1 Å². The molecule has 3 heterocycles. The minimum absolute atomic E-state index is 0.161. The molecule has 2 atom stereocenters. The third-order valence-electron chi connectivity index (χ3n) is 5.23. The van der Waals surface area contributed by atoms with Crippen LogP contribution in [0.4, 0.5) is 0 Å². The SMILES string of the molecule is CC1CCC(c2ccc3nn4c(c3c2)C(=O)NCC4)N(C(=O)C(=O)O)C1. The average molecular weight is 356 g/mol. The highest BCUT2D eigenvalue weighted by Gasteiger charge is 2.34. The van der Waals surface area contributed by atoms with Gasteiger partial charge in [0.25, 0.3) is 5.91 Å². The number of carboxylic acids is 1. The summed E-state index contributed by atoms with van der Waals surface area (Å²) in [5.41, 5.74) is 2.09. The Balaban J connectivity index is 1.77. The summed E-state index contributed by atoms with van der Waals surface area (Å²) >= 11 is 0. The number of hydrogen-bond acceptors (Lipinski definition) is 4. The van der Waals surface area contributed by atoms with Gasteiger partial charge in [0.2, 0.25) is 0 Å². The van der Waals surface area contributed by atoms with Crippen LogP contribution in [0.2, 0.25) is 0 Å². The zero-order valence-corrected chi connectivity index (χ0v) is 14.4. The molecule has 2 aliphatic heterocycles. The van der Waals surface area contributed by atoms with Crippen molar-refractivity contribution in [3.63, 3.8) is 0 Å². The lowest BCUT2D eigenvalue weighted by Crippen LogP contribution is -2.44. The van der Waals surface area contributed by atoms with Gasteiger partial charge in [0, 0.05) is 18.5 Å². The van der Waals surface area contributed by atoms with Crippen LogP contribution in [0.25, 0.3) is 10.9 Å². The first-order valence-corrected chi connectivity index (χ1v) is 8.78. The summed E-state index contributed by atoms with van der Waals surface area (Å²) in [6.45, 7) is 3.60. The number of carbonyl (C=O) groups excluding carboxylic acids is 2. The Morgan fingerprint density at radius 2 is 2.12 bits per heavy atom. The molecule has 1 saturated heterocycles. The van der Waals surface area contributed by atoms with E-state index in [2.05, 4.69) is 10.4 Å². The Morgan fingerprint density at radius 1 is 1.31 bits per heavy atom. The van der Waals surface area contributed by atoms with E-state index in [4.69, 9.17) is 5.11 Å². The highest BCUT2D eigenvalue weighted by atomic mass is 16.4. The minimum atomic E-state index is -1.44. The monoisotopic (exact) mass is 356 g/mol. The number of carbonyl (C=O) groups is 3. The average Bonchev–Trinajstić information content (AvgIpc) is 2.99. The number of aromatic nitrogens is 2. The fraction of sp³-hybridized carbons (Fsp3) is 0.444. The van der Waals surface area contributed by atoms with Crippen LogP contribution in [0.1, 0.15) is 41.9 Å². The molecule has 26 heavy (non-hydrogen) atoms. The molecule has 0 bridgehead atoms. The fourth-order valence-corrected chi connectivity index (χ4v) is 3.96. The number of nitrogens with zero attached hydrogens (tertiary/aromatic N) is 3. The summed E-state index contributed by atoms with van der Waals surface area (Å²) < 4.78 is 1.70. The second kappa shape index (κ2) is 6.12. The van der Waals surface area contributed by atoms with Gasteiger partial charge < -0.3 is 15.3 Å². The van der Waals surface area contributed by atoms with Crippen molar-refractivity contribution in [1.29, 1.82) is 0 Å². The van der Waals surface area contributed by atoms with Crippen LogP contribution >= 0.6 is 0 Å². The highest BCUT2D eigenvalue weighted by molar-refractivity contribution is 6.31. The van der Waals surface area contributed by atoms with Crippen molar-refractivity contribution in [1.82, 2.24) is 20.0 Å². The molecule has 8 nitrogen and oxygen atoms in total. The third-order valence-corrected chi connectivity index (χ3v) is 5.23. The molecule has 2 unspecified atom stereocenters. The lowest BCUT2D eigenvalue weighted by Gasteiger charge is -2.38. The van der Waals surface area contributed by atoms with E-state index in [1.54, 1.807) is 4.68 Å². The normalized spacial score (nSPS) is 22.8. The number of likely N-dealkylation sites (tertiary alicyclic amines) is 1. The van der Waals surface area contributed by atoms with Crippen molar-refractivity contribution in [3.05, 3.63) is 29.5 Å². The molecule has 0 spiro atoms. The second-order valence-electron chi connectivity index (χ2n) is 7.07. The predicted molar refractivity (Wildman–Crippen MR) is 92.6 cm³/mol. The maximum atomic E-state index is 12.2. The van der Waals surface area contributed by atoms with E-state index >= 15 is 0 Å². The van der Waals surface area contributed by atoms with Crippen molar-refractivity contribution in [3.8, 4) is 0 Å². The number of piperidine rings is 1. The number of fused-ring (bicyclic) bond motifs is 3. The van der Waals surface area contributed by atoms with Gasteiger partial charge in [-0.1, -0.05) is 13.0 Å². The van der Waals surface area contributed by atoms with Crippen LogP contribution < -0.4 is 5.32 Å². The van der Waals surface area contributed by atoms with Gasteiger partial charge in [-0.3, -0.25) is 14.3 Å². The van der Waals surface area contributed by atoms with Crippen molar-refractivity contribution in [2.24, 2.45) is 5.92 Å². The standard InChI is InChI=1S/C18H20N4O4/c1-10-2-5-14(21(9-10)17(24)18(25)26)11-3-4-13-12(8-11)15-16(23)19-6-7-22(15)20-13/h3-4,8,10,14H,2,5-7,9H2,1H3,(H,19,23)(H,25,26). The zero-order valence-electron chi connectivity index (χ0n) is 14.4. The molecule has 1 fully saturated rings. The summed E-state index contributed by atoms with van der Waals surface area (Å²) in [6.07, 6.45) is 1.61. The first kappa shape index (κ1) is 16.6. The lowest BCUT2D eigenvalue weighted by molar-refractivity contribution is -0.158. The van der Waals surface area contributed by atoms with E-state index in [9.17, 15) is 14.4 Å². The summed E-state index contributed by atoms with van der Waals surface area (Å²) in [6, 6.07) is 5.29. The predicted octanol–water partition coefficient (Wildman–Crippen LogP) is 1.16. The fourth-order valence-electron chi connectivity index (χ4n) is 3.96. The lowest BCUT2D eigenvalue weighted by atomic mass is 9.89. The Labute approximate surface area is 149 Å². The summed E-state index contributed by atoms with van der Waals surface area (Å²) in [7, 11) is 0. The minimum Gasteiger partial charge on any atom is -0.474 e. The van der Waals surface area contributed by atoms with Crippen LogP contribution in [-0.2, 0) is 16.1 Å². The van der Waals surface area contributed by atoms with E-state index in [0.29, 0.717) is 31.7 Å². The number of carboxylic acid groups (broad SMARTS) is 1. The smallest absolute Gasteiger partial charge is 0.394 e. The molecule has 2 aromatic rings. The van der Waals surface area contributed by atoms with Crippen LogP contribution in [-0.4, -0.2) is 50.7 Å². The maximum Gasteiger partial charge on any atom is 0.394 e. The Morgan fingerprint density at radius 3 is 2.88 bits per heavy atom. The highest BCUT2D eigenvalue weighted by Crippen LogP contribution is 2.35. The van der Waals surface area contributed by atoms with Crippen molar-refractivity contribution < 1.29 is 19.5 Å². The molecule has 1 aromatic carbocycles. The molecule has 8 heteroatoms. The van der Waals surface area contributed by atoms with Gasteiger partial charge in [-0.05, 0) is 36.5 Å². The largest absolute Gasteiger partial charge is 0.474 e. The molecule has 0 aliphatic carbocycles. The maximum absolute atomic E-state index is 12.2. The molecule has 2 aliphatic rings. The van der Waals surface area contributed by atoms with Gasteiger partial charge in [-0.25, -0.2) is 4.79 Å². The van der Waals surface area contributed by atoms with Gasteiger partial charge in [-0.2, -0.15) is 5.10 Å². The van der Waals surface area contributed by atoms with Gasteiger partial charge in [-0.15, -0.1) is 0 Å². The number of amides is 2. The number of hydrogen-bond donors (Lipinski definition) is 2. The third kappa shape index (κ3) is 2.61. The Hall–Kier alpha value is -2.90. The van der Waals surface area contributed by atoms with Crippen molar-refractivity contribution >= 4 is 28.7 Å². The molecule has 0 radical (unpaired) electrons. The first-order chi connectivity index (χ1) is 12.5. The molecular formula is C18H20N4O4. The van der Waals surface area contributed by atoms with E-state index in [0.717, 1.165) is 22.9 Å². The number of nitrogens with one attached hydrogen (secondary N) is 1. The van der Waals surface area contributed by atoms with E-state index in [-0.39, 0.29) is 17.9 Å². The number of aliphatic carboxylic acids is 1. The van der Waals surface area contributed by atoms with Gasteiger partial charge >= 0.3 is 11.9 Å².